The van der Waals surface area contributed by atoms with Gasteiger partial charge in [0.25, 0.3) is 0 Å². The number of carbonyl (C=O) groups is 1. The molecule has 2 aromatic rings. The maximum Gasteiger partial charge on any atom is 0.410 e. The molecule has 1 saturated heterocycles. The first-order valence-corrected chi connectivity index (χ1v) is 10.3. The third kappa shape index (κ3) is 4.95. The molecule has 4 rings (SSSR count). The van der Waals surface area contributed by atoms with Gasteiger partial charge in [0.05, 0.1) is 0 Å². The smallest absolute Gasteiger partial charge is 0.410 e. The number of benzene rings is 2. The van der Waals surface area contributed by atoms with Gasteiger partial charge in [-0.25, -0.2) is 18.0 Å². The summed E-state index contributed by atoms with van der Waals surface area (Å²) in [5.41, 5.74) is 0.249. The van der Waals surface area contributed by atoms with Crippen LogP contribution >= 0.6 is 0 Å². The maximum absolute atomic E-state index is 15.1. The molecule has 1 aliphatic heterocycles. The zero-order chi connectivity index (χ0) is 21.1. The number of nitrogens with one attached hydrogen (secondary N) is 1. The minimum Gasteiger partial charge on any atom is -0.445 e. The van der Waals surface area contributed by atoms with Crippen LogP contribution in [0.15, 0.2) is 48.5 Å². The van der Waals surface area contributed by atoms with E-state index in [1.165, 1.54) is 6.07 Å². The first kappa shape index (κ1) is 20.7. The summed E-state index contributed by atoms with van der Waals surface area (Å²) in [7, 11) is 0. The number of ether oxygens (including phenoxy) is 1. The third-order valence-corrected chi connectivity index (χ3v) is 5.97. The van der Waals surface area contributed by atoms with Crippen LogP contribution in [0.2, 0.25) is 0 Å². The van der Waals surface area contributed by atoms with Gasteiger partial charge in [-0.2, -0.15) is 0 Å². The minimum atomic E-state index is -1.39. The van der Waals surface area contributed by atoms with Crippen LogP contribution in [0.4, 0.5) is 18.0 Å². The van der Waals surface area contributed by atoms with E-state index in [4.69, 9.17) is 4.74 Å². The molecule has 1 heterocycles. The molecule has 2 aliphatic rings. The summed E-state index contributed by atoms with van der Waals surface area (Å²) < 4.78 is 46.9. The lowest BCUT2D eigenvalue weighted by Crippen LogP contribution is -2.49. The highest BCUT2D eigenvalue weighted by atomic mass is 19.2. The van der Waals surface area contributed by atoms with Gasteiger partial charge in [-0.15, -0.1) is 0 Å². The Morgan fingerprint density at radius 2 is 1.83 bits per heavy atom. The van der Waals surface area contributed by atoms with Gasteiger partial charge in [0.15, 0.2) is 11.6 Å². The van der Waals surface area contributed by atoms with E-state index in [9.17, 15) is 13.6 Å². The summed E-state index contributed by atoms with van der Waals surface area (Å²) in [5.74, 6) is -1.64. The minimum absolute atomic E-state index is 0.0661. The van der Waals surface area contributed by atoms with Gasteiger partial charge in [0, 0.05) is 44.4 Å². The molecule has 4 nitrogen and oxygen atoms in total. The van der Waals surface area contributed by atoms with Crippen LogP contribution < -0.4 is 5.32 Å². The number of hydrogen-bond acceptors (Lipinski definition) is 3. The Morgan fingerprint density at radius 3 is 2.53 bits per heavy atom. The summed E-state index contributed by atoms with van der Waals surface area (Å²) in [6.07, 6.45) is 0.833. The quantitative estimate of drug-likeness (QED) is 0.748. The van der Waals surface area contributed by atoms with Crippen LogP contribution in [0.1, 0.15) is 36.3 Å². The molecule has 7 heteroatoms. The molecule has 1 N–H and O–H groups in total. The fourth-order valence-electron chi connectivity index (χ4n) is 3.92. The highest BCUT2D eigenvalue weighted by Gasteiger charge is 2.42. The van der Waals surface area contributed by atoms with Crippen LogP contribution in [0.3, 0.4) is 0 Å². The fourth-order valence-corrected chi connectivity index (χ4v) is 3.92. The lowest BCUT2D eigenvalue weighted by atomic mass is 9.93. The molecule has 0 unspecified atom stereocenters. The van der Waals surface area contributed by atoms with Crippen LogP contribution in [0, 0.1) is 11.6 Å². The van der Waals surface area contributed by atoms with Crippen molar-refractivity contribution in [3.63, 3.8) is 0 Å². The molecular weight excluding hydrogens is 393 g/mol. The Morgan fingerprint density at radius 1 is 1.10 bits per heavy atom. The molecule has 1 saturated carbocycles. The van der Waals surface area contributed by atoms with Gasteiger partial charge in [0.1, 0.15) is 12.3 Å². The summed E-state index contributed by atoms with van der Waals surface area (Å²) in [5, 5.41) is 3.21. The molecule has 2 aromatic carbocycles. The van der Waals surface area contributed by atoms with Crippen LogP contribution in [0.5, 0.6) is 0 Å². The van der Waals surface area contributed by atoms with Crippen molar-refractivity contribution in [3.05, 3.63) is 71.3 Å². The van der Waals surface area contributed by atoms with E-state index in [2.05, 4.69) is 5.32 Å². The number of hydrogen-bond donors (Lipinski definition) is 1. The Labute approximate surface area is 174 Å². The van der Waals surface area contributed by atoms with E-state index < -0.39 is 23.4 Å². The van der Waals surface area contributed by atoms with Crippen molar-refractivity contribution < 1.29 is 22.7 Å². The first-order chi connectivity index (χ1) is 14.4. The predicted molar refractivity (Wildman–Crippen MR) is 107 cm³/mol. The highest BCUT2D eigenvalue weighted by Crippen LogP contribution is 2.41. The molecule has 30 heavy (non-hydrogen) atoms. The summed E-state index contributed by atoms with van der Waals surface area (Å²) in [6.45, 7) is 1.00. The van der Waals surface area contributed by atoms with Crippen LogP contribution in [-0.2, 0) is 11.3 Å². The van der Waals surface area contributed by atoms with E-state index >= 15 is 4.39 Å². The Balaban J connectivity index is 1.20. The molecule has 160 valence electrons. The Bertz CT molecular complexity index is 885. The molecule has 0 aromatic heterocycles. The van der Waals surface area contributed by atoms with Crippen molar-refractivity contribution >= 4 is 6.09 Å². The summed E-state index contributed by atoms with van der Waals surface area (Å²) in [4.78, 5) is 13.8. The average molecular weight is 418 g/mol. The fraction of sp³-hybridized carbons (Fsp3) is 0.435. The predicted octanol–water partition coefficient (Wildman–Crippen LogP) is 4.55. The second-order valence-electron chi connectivity index (χ2n) is 8.18. The van der Waals surface area contributed by atoms with E-state index in [1.54, 1.807) is 11.0 Å². The normalized spacial score (nSPS) is 22.6. The number of amides is 1. The van der Waals surface area contributed by atoms with Crippen LogP contribution in [-0.4, -0.2) is 42.3 Å². The first-order valence-electron chi connectivity index (χ1n) is 10.3. The van der Waals surface area contributed by atoms with E-state index in [0.29, 0.717) is 13.1 Å². The molecule has 1 aliphatic carbocycles. The highest BCUT2D eigenvalue weighted by molar-refractivity contribution is 5.67. The number of alkyl halides is 1. The number of nitrogens with zero attached hydrogens (tertiary/aromatic N) is 1. The van der Waals surface area contributed by atoms with Gasteiger partial charge >= 0.3 is 6.09 Å². The van der Waals surface area contributed by atoms with Crippen molar-refractivity contribution in [1.82, 2.24) is 10.2 Å². The van der Waals surface area contributed by atoms with Gasteiger partial charge < -0.3 is 15.0 Å². The van der Waals surface area contributed by atoms with Crippen molar-refractivity contribution in [2.45, 2.75) is 43.5 Å². The second kappa shape index (κ2) is 8.68. The van der Waals surface area contributed by atoms with E-state index in [1.807, 2.05) is 30.3 Å². The van der Waals surface area contributed by atoms with Crippen molar-refractivity contribution in [3.8, 4) is 0 Å². The molecule has 2 atom stereocenters. The molecule has 2 fully saturated rings. The number of carbonyl (C=O) groups excluding carboxylic acids is 1. The second-order valence-corrected chi connectivity index (χ2v) is 8.18. The van der Waals surface area contributed by atoms with Crippen molar-refractivity contribution in [2.75, 3.05) is 19.6 Å². The topological polar surface area (TPSA) is 41.6 Å². The molecule has 0 radical (unpaired) electrons. The number of halogens is 3. The molecular formula is C23H25F3N2O2. The third-order valence-electron chi connectivity index (χ3n) is 5.97. The van der Waals surface area contributed by atoms with E-state index in [0.717, 1.165) is 23.6 Å². The van der Waals surface area contributed by atoms with Gasteiger partial charge in [-0.1, -0.05) is 36.4 Å². The zero-order valence-corrected chi connectivity index (χ0v) is 16.6. The lowest BCUT2D eigenvalue weighted by Gasteiger charge is -2.36. The molecule has 0 spiro atoms. The summed E-state index contributed by atoms with van der Waals surface area (Å²) >= 11 is 0. The maximum atomic E-state index is 15.1. The number of piperidine rings is 1. The largest absolute Gasteiger partial charge is 0.445 e. The monoisotopic (exact) mass is 418 g/mol. The molecule has 1 amide bonds. The van der Waals surface area contributed by atoms with E-state index in [-0.39, 0.29) is 38.0 Å². The van der Waals surface area contributed by atoms with Gasteiger partial charge in [0.2, 0.25) is 0 Å². The van der Waals surface area contributed by atoms with Crippen molar-refractivity contribution in [1.29, 1.82) is 0 Å². The number of likely N-dealkylation sites (tertiary alicyclic amines) is 1. The summed E-state index contributed by atoms with van der Waals surface area (Å²) in [6, 6.07) is 13.4. The Hall–Kier alpha value is -2.54. The van der Waals surface area contributed by atoms with Crippen molar-refractivity contribution in [2.24, 2.45) is 0 Å². The SMILES string of the molecule is O=C(OCc1ccccc1)N1CCC(F)(CN[C@@H]2C[C@H]2c2ccc(F)c(F)c2)CC1. The van der Waals surface area contributed by atoms with Gasteiger partial charge in [-0.3, -0.25) is 0 Å². The Kier molecular flexibility index (Phi) is 5.99. The zero-order valence-electron chi connectivity index (χ0n) is 16.6. The van der Waals surface area contributed by atoms with Gasteiger partial charge in [-0.05, 0) is 29.7 Å². The lowest BCUT2D eigenvalue weighted by molar-refractivity contribution is 0.0408. The number of rotatable bonds is 6. The average Bonchev–Trinajstić information content (AvgIpc) is 3.54. The van der Waals surface area contributed by atoms with Crippen LogP contribution in [0.25, 0.3) is 0 Å². The molecule has 0 bridgehead atoms. The standard InChI is InChI=1S/C23H25F3N2O2/c24-19-7-6-17(12-20(19)25)18-13-21(18)27-15-23(26)8-10-28(11-9-23)22(29)30-14-16-4-2-1-3-5-16/h1-7,12,18,21,27H,8-11,13-15H2/t18-,21+/m0/s1.